The van der Waals surface area contributed by atoms with Crippen LogP contribution in [0.2, 0.25) is 0 Å². The predicted octanol–water partition coefficient (Wildman–Crippen LogP) is 3.34. The van der Waals surface area contributed by atoms with E-state index < -0.39 is 0 Å². The van der Waals surface area contributed by atoms with E-state index in [1.807, 2.05) is 0 Å². The van der Waals surface area contributed by atoms with Crippen molar-refractivity contribution in [3.63, 3.8) is 0 Å². The molecule has 1 aliphatic rings. The van der Waals surface area contributed by atoms with Crippen LogP contribution in [0.4, 0.5) is 0 Å². The van der Waals surface area contributed by atoms with Crippen LogP contribution in [0.1, 0.15) is 48.8 Å². The molecule has 0 unspecified atom stereocenters. The van der Waals surface area contributed by atoms with Gasteiger partial charge in [-0.3, -0.25) is 0 Å². The zero-order valence-corrected chi connectivity index (χ0v) is 12.3. The fraction of sp³-hybridized carbons (Fsp3) is 0.647. The average molecular weight is 261 g/mol. The predicted molar refractivity (Wildman–Crippen MR) is 80.2 cm³/mol. The summed E-state index contributed by atoms with van der Waals surface area (Å²) in [5, 5.41) is 13.3. The number of aryl methyl sites for hydroxylation is 2. The largest absolute Gasteiger partial charge is 0.396 e. The molecule has 1 aliphatic carbocycles. The lowest BCUT2D eigenvalue weighted by Crippen LogP contribution is -2.39. The minimum absolute atomic E-state index is 0.134. The van der Waals surface area contributed by atoms with E-state index >= 15 is 0 Å². The topological polar surface area (TPSA) is 32.3 Å². The summed E-state index contributed by atoms with van der Waals surface area (Å²) < 4.78 is 0. The van der Waals surface area contributed by atoms with E-state index in [9.17, 15) is 5.11 Å². The summed E-state index contributed by atoms with van der Waals surface area (Å²) in [6.07, 6.45) is 6.21. The SMILES string of the molecule is Cc1cccc(C)c1CNCC1(CO)CCCCC1. The van der Waals surface area contributed by atoms with Crippen LogP contribution in [-0.4, -0.2) is 18.3 Å². The van der Waals surface area contributed by atoms with Gasteiger partial charge in [0.25, 0.3) is 0 Å². The summed E-state index contributed by atoms with van der Waals surface area (Å²) in [7, 11) is 0. The molecule has 0 atom stereocenters. The van der Waals surface area contributed by atoms with Crippen molar-refractivity contribution < 1.29 is 5.11 Å². The van der Waals surface area contributed by atoms with Crippen LogP contribution in [0.3, 0.4) is 0 Å². The number of hydrogen-bond donors (Lipinski definition) is 2. The van der Waals surface area contributed by atoms with E-state index in [-0.39, 0.29) is 5.41 Å². The Morgan fingerprint density at radius 2 is 1.74 bits per heavy atom. The quantitative estimate of drug-likeness (QED) is 0.852. The van der Waals surface area contributed by atoms with E-state index in [0.29, 0.717) is 6.61 Å². The molecule has 1 saturated carbocycles. The molecular formula is C17H27NO. The second-order valence-electron chi connectivity index (χ2n) is 6.19. The molecule has 1 aromatic carbocycles. The highest BCUT2D eigenvalue weighted by molar-refractivity contribution is 5.33. The van der Waals surface area contributed by atoms with Gasteiger partial charge in [-0.05, 0) is 43.4 Å². The first-order valence-corrected chi connectivity index (χ1v) is 7.54. The molecule has 0 heterocycles. The maximum absolute atomic E-state index is 9.71. The summed E-state index contributed by atoms with van der Waals surface area (Å²) in [4.78, 5) is 0. The molecule has 2 nitrogen and oxygen atoms in total. The first-order chi connectivity index (χ1) is 9.17. The molecular weight excluding hydrogens is 234 g/mol. The first-order valence-electron chi connectivity index (χ1n) is 7.54. The van der Waals surface area contributed by atoms with Crippen molar-refractivity contribution in [2.24, 2.45) is 5.41 Å². The zero-order valence-electron chi connectivity index (χ0n) is 12.3. The Morgan fingerprint density at radius 1 is 1.11 bits per heavy atom. The molecule has 0 saturated heterocycles. The molecule has 106 valence electrons. The number of rotatable bonds is 5. The van der Waals surface area contributed by atoms with Crippen LogP contribution in [-0.2, 0) is 6.54 Å². The van der Waals surface area contributed by atoms with Gasteiger partial charge in [-0.15, -0.1) is 0 Å². The summed E-state index contributed by atoms with van der Waals surface area (Å²) >= 11 is 0. The van der Waals surface area contributed by atoms with Crippen molar-refractivity contribution in [3.8, 4) is 0 Å². The fourth-order valence-corrected chi connectivity index (χ4v) is 3.27. The first kappa shape index (κ1) is 14.5. The van der Waals surface area contributed by atoms with E-state index in [0.717, 1.165) is 13.1 Å². The lowest BCUT2D eigenvalue weighted by atomic mass is 9.74. The highest BCUT2D eigenvalue weighted by atomic mass is 16.3. The molecule has 19 heavy (non-hydrogen) atoms. The Morgan fingerprint density at radius 3 is 2.32 bits per heavy atom. The van der Waals surface area contributed by atoms with Crippen LogP contribution >= 0.6 is 0 Å². The van der Waals surface area contributed by atoms with Gasteiger partial charge in [-0.2, -0.15) is 0 Å². The van der Waals surface area contributed by atoms with Gasteiger partial charge in [0.2, 0.25) is 0 Å². The van der Waals surface area contributed by atoms with Crippen molar-refractivity contribution in [2.45, 2.75) is 52.5 Å². The van der Waals surface area contributed by atoms with Gasteiger partial charge < -0.3 is 10.4 Å². The van der Waals surface area contributed by atoms with Crippen LogP contribution in [0.15, 0.2) is 18.2 Å². The summed E-state index contributed by atoms with van der Waals surface area (Å²) in [5.41, 5.74) is 4.25. The van der Waals surface area contributed by atoms with Gasteiger partial charge in [-0.25, -0.2) is 0 Å². The molecule has 0 aliphatic heterocycles. The standard InChI is InChI=1S/C17H27NO/c1-14-7-6-8-15(2)16(14)11-18-12-17(13-19)9-4-3-5-10-17/h6-8,18-19H,3-5,9-13H2,1-2H3. The molecule has 1 fully saturated rings. The third-order valence-electron chi connectivity index (χ3n) is 4.70. The third kappa shape index (κ3) is 3.58. The normalized spacial score (nSPS) is 18.5. The Kier molecular flexibility index (Phi) is 5.00. The molecule has 2 heteroatoms. The summed E-state index contributed by atoms with van der Waals surface area (Å²) in [6, 6.07) is 6.46. The summed E-state index contributed by atoms with van der Waals surface area (Å²) in [5.74, 6) is 0. The maximum Gasteiger partial charge on any atom is 0.0499 e. The van der Waals surface area contributed by atoms with Crippen molar-refractivity contribution in [3.05, 3.63) is 34.9 Å². The van der Waals surface area contributed by atoms with Gasteiger partial charge in [0, 0.05) is 25.1 Å². The maximum atomic E-state index is 9.71. The van der Waals surface area contributed by atoms with Gasteiger partial charge in [0.15, 0.2) is 0 Å². The van der Waals surface area contributed by atoms with E-state index in [1.54, 1.807) is 0 Å². The molecule has 0 spiro atoms. The number of aliphatic hydroxyl groups excluding tert-OH is 1. The Labute approximate surface area is 117 Å². The van der Waals surface area contributed by atoms with Crippen molar-refractivity contribution in [1.82, 2.24) is 5.32 Å². The van der Waals surface area contributed by atoms with Crippen molar-refractivity contribution in [1.29, 1.82) is 0 Å². The third-order valence-corrected chi connectivity index (χ3v) is 4.70. The van der Waals surface area contributed by atoms with Gasteiger partial charge >= 0.3 is 0 Å². The lowest BCUT2D eigenvalue weighted by molar-refractivity contribution is 0.0810. The molecule has 2 N–H and O–H groups in total. The van der Waals surface area contributed by atoms with E-state index in [2.05, 4.69) is 37.4 Å². The molecule has 0 radical (unpaired) electrons. The highest BCUT2D eigenvalue weighted by Gasteiger charge is 2.30. The zero-order chi connectivity index (χ0) is 13.7. The van der Waals surface area contributed by atoms with Crippen LogP contribution in [0.25, 0.3) is 0 Å². The minimum Gasteiger partial charge on any atom is -0.396 e. The number of nitrogens with one attached hydrogen (secondary N) is 1. The second kappa shape index (κ2) is 6.53. The fourth-order valence-electron chi connectivity index (χ4n) is 3.27. The van der Waals surface area contributed by atoms with Crippen molar-refractivity contribution >= 4 is 0 Å². The lowest BCUT2D eigenvalue weighted by Gasteiger charge is -2.36. The average Bonchev–Trinajstić information content (AvgIpc) is 2.43. The van der Waals surface area contributed by atoms with Crippen LogP contribution in [0, 0.1) is 19.3 Å². The van der Waals surface area contributed by atoms with E-state index in [1.165, 1.54) is 48.8 Å². The van der Waals surface area contributed by atoms with Crippen LogP contribution in [0.5, 0.6) is 0 Å². The Bertz CT molecular complexity index is 387. The highest BCUT2D eigenvalue weighted by Crippen LogP contribution is 2.35. The van der Waals surface area contributed by atoms with Gasteiger partial charge in [0.05, 0.1) is 0 Å². The Balaban J connectivity index is 1.92. The van der Waals surface area contributed by atoms with Crippen LogP contribution < -0.4 is 5.32 Å². The summed E-state index contributed by atoms with van der Waals surface area (Å²) in [6.45, 7) is 6.53. The van der Waals surface area contributed by atoms with Gasteiger partial charge in [0.1, 0.15) is 0 Å². The monoisotopic (exact) mass is 261 g/mol. The molecule has 0 aromatic heterocycles. The Hall–Kier alpha value is -0.860. The molecule has 0 bridgehead atoms. The number of aliphatic hydroxyl groups is 1. The number of benzene rings is 1. The molecule has 2 rings (SSSR count). The smallest absolute Gasteiger partial charge is 0.0499 e. The van der Waals surface area contributed by atoms with E-state index in [4.69, 9.17) is 0 Å². The minimum atomic E-state index is 0.134. The van der Waals surface area contributed by atoms with Gasteiger partial charge in [-0.1, -0.05) is 37.5 Å². The van der Waals surface area contributed by atoms with Crippen molar-refractivity contribution in [2.75, 3.05) is 13.2 Å². The second-order valence-corrected chi connectivity index (χ2v) is 6.19. The number of hydrogen-bond acceptors (Lipinski definition) is 2. The molecule has 0 amide bonds. The molecule has 1 aromatic rings.